The number of rotatable bonds is 3. The van der Waals surface area contributed by atoms with Crippen molar-refractivity contribution in [3.05, 3.63) is 56.8 Å². The van der Waals surface area contributed by atoms with Crippen molar-refractivity contribution in [1.82, 2.24) is 4.90 Å². The number of halogens is 2. The van der Waals surface area contributed by atoms with Crippen LogP contribution in [-0.2, 0) is 22.6 Å². The number of likely N-dealkylation sites (tertiary alicyclic amines) is 1. The van der Waals surface area contributed by atoms with E-state index in [1.54, 1.807) is 6.07 Å². The lowest BCUT2D eigenvalue weighted by atomic mass is 9.88. The van der Waals surface area contributed by atoms with Gasteiger partial charge in [0, 0.05) is 36.4 Å². The van der Waals surface area contributed by atoms with Gasteiger partial charge in [-0.25, -0.2) is 8.78 Å². The number of ether oxygens (including phenoxy) is 1. The van der Waals surface area contributed by atoms with Crippen molar-refractivity contribution in [3.8, 4) is 0 Å². The first-order chi connectivity index (χ1) is 12.9. The van der Waals surface area contributed by atoms with Crippen LogP contribution in [-0.4, -0.2) is 41.6 Å². The fraction of sp³-hybridized carbons (Fsp3) is 0.368. The number of hydrogen-bond donors (Lipinski definition) is 1. The van der Waals surface area contributed by atoms with Gasteiger partial charge in [-0.15, -0.1) is 11.3 Å². The van der Waals surface area contributed by atoms with Crippen LogP contribution in [0.3, 0.4) is 0 Å². The Morgan fingerprint density at radius 2 is 2.04 bits per heavy atom. The molecule has 8 heteroatoms. The Balaban J connectivity index is 1.60. The minimum Gasteiger partial charge on any atom is -0.481 e. The molecule has 0 aliphatic carbocycles. The topological polar surface area (TPSA) is 66.8 Å². The lowest BCUT2D eigenvalue weighted by Crippen LogP contribution is -2.29. The van der Waals surface area contributed by atoms with Crippen LogP contribution in [0.2, 0.25) is 0 Å². The van der Waals surface area contributed by atoms with Crippen molar-refractivity contribution in [3.63, 3.8) is 0 Å². The summed E-state index contributed by atoms with van der Waals surface area (Å²) < 4.78 is 32.8. The van der Waals surface area contributed by atoms with Crippen molar-refractivity contribution >= 4 is 23.2 Å². The Kier molecular flexibility index (Phi) is 4.69. The molecule has 0 spiro atoms. The first-order valence-corrected chi connectivity index (χ1v) is 9.42. The van der Waals surface area contributed by atoms with Gasteiger partial charge in [-0.1, -0.05) is 6.07 Å². The van der Waals surface area contributed by atoms with Crippen LogP contribution in [0, 0.1) is 17.6 Å². The largest absolute Gasteiger partial charge is 0.481 e. The fourth-order valence-corrected chi connectivity index (χ4v) is 4.86. The van der Waals surface area contributed by atoms with Gasteiger partial charge in [-0.3, -0.25) is 9.59 Å². The maximum atomic E-state index is 14.2. The van der Waals surface area contributed by atoms with Gasteiger partial charge in [0.1, 0.15) is 11.6 Å². The molecular weight excluding hydrogens is 376 g/mol. The molecule has 2 aromatic rings. The van der Waals surface area contributed by atoms with Crippen molar-refractivity contribution < 1.29 is 28.2 Å². The third-order valence-corrected chi connectivity index (χ3v) is 6.35. The van der Waals surface area contributed by atoms with Crippen LogP contribution < -0.4 is 0 Å². The van der Waals surface area contributed by atoms with E-state index in [9.17, 15) is 23.5 Å². The number of carbonyl (C=O) groups excluding carboxylic acids is 1. The maximum Gasteiger partial charge on any atom is 0.308 e. The predicted molar refractivity (Wildman–Crippen MR) is 93.8 cm³/mol. The summed E-state index contributed by atoms with van der Waals surface area (Å²) in [5, 5.41) is 9.54. The summed E-state index contributed by atoms with van der Waals surface area (Å²) in [6.07, 6.45) is 0.758. The molecule has 3 heterocycles. The number of benzene rings is 1. The number of amides is 1. The van der Waals surface area contributed by atoms with Crippen molar-refractivity contribution in [2.45, 2.75) is 18.9 Å². The van der Waals surface area contributed by atoms with E-state index in [0.717, 1.165) is 29.0 Å². The van der Waals surface area contributed by atoms with Crippen LogP contribution in [0.5, 0.6) is 0 Å². The average molecular weight is 393 g/mol. The normalized spacial score (nSPS) is 21.9. The molecule has 1 amide bonds. The zero-order chi connectivity index (χ0) is 19.1. The molecule has 1 aromatic carbocycles. The summed E-state index contributed by atoms with van der Waals surface area (Å²) in [5.74, 6) is -4.52. The monoisotopic (exact) mass is 393 g/mol. The zero-order valence-electron chi connectivity index (χ0n) is 14.3. The highest BCUT2D eigenvalue weighted by Gasteiger charge is 2.42. The number of hydrogen-bond acceptors (Lipinski definition) is 4. The van der Waals surface area contributed by atoms with Gasteiger partial charge in [-0.2, -0.15) is 0 Å². The summed E-state index contributed by atoms with van der Waals surface area (Å²) in [7, 11) is 0. The van der Waals surface area contributed by atoms with E-state index in [0.29, 0.717) is 18.1 Å². The fourth-order valence-electron chi connectivity index (χ4n) is 3.75. The highest BCUT2D eigenvalue weighted by atomic mass is 32.1. The van der Waals surface area contributed by atoms with Gasteiger partial charge >= 0.3 is 5.97 Å². The summed E-state index contributed by atoms with van der Waals surface area (Å²) in [4.78, 5) is 27.7. The lowest BCUT2D eigenvalue weighted by Gasteiger charge is -2.16. The standard InChI is InChI=1S/C19H17F2NO4S/c20-11-1-2-12(15(21)6-11)13-7-22(8-14(13)19(24)25)18(23)17-5-10-9-26-4-3-16(10)27-17/h1-2,5-6,13-14H,3-4,7-9H2,(H,24,25)/t13-,14+/m1/s1. The molecule has 0 radical (unpaired) electrons. The minimum atomic E-state index is -1.10. The molecule has 1 aromatic heterocycles. The third kappa shape index (κ3) is 3.35. The van der Waals surface area contributed by atoms with E-state index >= 15 is 0 Å². The first-order valence-electron chi connectivity index (χ1n) is 8.60. The highest BCUT2D eigenvalue weighted by Crippen LogP contribution is 2.36. The smallest absolute Gasteiger partial charge is 0.308 e. The Labute approximate surface area is 158 Å². The van der Waals surface area contributed by atoms with E-state index in [1.807, 2.05) is 0 Å². The quantitative estimate of drug-likeness (QED) is 0.871. The zero-order valence-corrected chi connectivity index (χ0v) is 15.1. The van der Waals surface area contributed by atoms with E-state index in [-0.39, 0.29) is 24.6 Å². The number of fused-ring (bicyclic) bond motifs is 1. The van der Waals surface area contributed by atoms with Crippen LogP contribution in [0.4, 0.5) is 8.78 Å². The maximum absolute atomic E-state index is 14.2. The number of carboxylic acid groups (broad SMARTS) is 1. The second-order valence-corrected chi connectivity index (χ2v) is 7.93. The summed E-state index contributed by atoms with van der Waals surface area (Å²) in [6.45, 7) is 1.17. The molecule has 4 rings (SSSR count). The van der Waals surface area contributed by atoms with Crippen LogP contribution in [0.15, 0.2) is 24.3 Å². The van der Waals surface area contributed by atoms with Gasteiger partial charge < -0.3 is 14.7 Å². The van der Waals surface area contributed by atoms with Crippen LogP contribution in [0.25, 0.3) is 0 Å². The van der Waals surface area contributed by atoms with Crippen LogP contribution in [0.1, 0.15) is 31.6 Å². The molecule has 1 fully saturated rings. The molecule has 2 aliphatic heterocycles. The third-order valence-electron chi connectivity index (χ3n) is 5.12. The van der Waals surface area contributed by atoms with Crippen molar-refractivity contribution in [2.75, 3.05) is 19.7 Å². The van der Waals surface area contributed by atoms with Gasteiger partial charge in [-0.05, 0) is 23.3 Å². The van der Waals surface area contributed by atoms with E-state index in [1.165, 1.54) is 22.3 Å². The Morgan fingerprint density at radius 3 is 2.74 bits per heavy atom. The Morgan fingerprint density at radius 1 is 1.22 bits per heavy atom. The number of carbonyl (C=O) groups is 2. The number of aliphatic carboxylic acids is 1. The minimum absolute atomic E-state index is 0.00524. The van der Waals surface area contributed by atoms with E-state index in [2.05, 4.69) is 0 Å². The second-order valence-electron chi connectivity index (χ2n) is 6.79. The number of thiophene rings is 1. The van der Waals surface area contributed by atoms with Crippen LogP contribution >= 0.6 is 11.3 Å². The Bertz CT molecular complexity index is 890. The molecule has 27 heavy (non-hydrogen) atoms. The first kappa shape index (κ1) is 18.1. The second kappa shape index (κ2) is 7.01. The molecule has 0 saturated carbocycles. The molecule has 1 saturated heterocycles. The van der Waals surface area contributed by atoms with Gasteiger partial charge in [0.15, 0.2) is 0 Å². The Hall–Kier alpha value is -2.32. The molecular formula is C19H17F2NO4S. The van der Waals surface area contributed by atoms with Gasteiger partial charge in [0.05, 0.1) is 24.0 Å². The molecule has 5 nitrogen and oxygen atoms in total. The van der Waals surface area contributed by atoms with Crippen molar-refractivity contribution in [1.29, 1.82) is 0 Å². The van der Waals surface area contributed by atoms with Crippen molar-refractivity contribution in [2.24, 2.45) is 5.92 Å². The summed E-state index contributed by atoms with van der Waals surface area (Å²) in [5.41, 5.74) is 1.11. The molecule has 142 valence electrons. The lowest BCUT2D eigenvalue weighted by molar-refractivity contribution is -0.141. The highest BCUT2D eigenvalue weighted by molar-refractivity contribution is 7.14. The molecule has 2 aliphatic rings. The SMILES string of the molecule is O=C(O)[C@H]1CN(C(=O)c2cc3c(s2)CCOC3)C[C@@H]1c1ccc(F)cc1F. The molecule has 2 atom stereocenters. The van der Waals surface area contributed by atoms with E-state index in [4.69, 9.17) is 4.74 Å². The molecule has 1 N–H and O–H groups in total. The summed E-state index contributed by atoms with van der Waals surface area (Å²) >= 11 is 1.40. The van der Waals surface area contributed by atoms with Gasteiger partial charge in [0.25, 0.3) is 5.91 Å². The summed E-state index contributed by atoms with van der Waals surface area (Å²) in [6, 6.07) is 4.91. The predicted octanol–water partition coefficient (Wildman–Crippen LogP) is 3.04. The molecule has 0 bridgehead atoms. The number of carboxylic acids is 1. The number of nitrogens with zero attached hydrogens (tertiary/aromatic N) is 1. The van der Waals surface area contributed by atoms with Gasteiger partial charge in [0.2, 0.25) is 0 Å². The van der Waals surface area contributed by atoms with E-state index < -0.39 is 29.4 Å². The molecule has 0 unspecified atom stereocenters. The average Bonchev–Trinajstić information content (AvgIpc) is 3.25.